The van der Waals surface area contributed by atoms with Gasteiger partial charge in [-0.15, -0.1) is 11.3 Å². The van der Waals surface area contributed by atoms with Gasteiger partial charge in [0.2, 0.25) is 0 Å². The van der Waals surface area contributed by atoms with Crippen molar-refractivity contribution in [2.75, 3.05) is 33.4 Å². The van der Waals surface area contributed by atoms with E-state index in [1.54, 1.807) is 7.11 Å². The van der Waals surface area contributed by atoms with Crippen molar-refractivity contribution in [3.05, 3.63) is 53.5 Å². The van der Waals surface area contributed by atoms with Crippen LogP contribution < -0.4 is 9.47 Å². The SMILES string of the molecule is COc1cccc(OCCCN2CCC(c3nc4ccccc4s3)CC2)c1. The van der Waals surface area contributed by atoms with Crippen molar-refractivity contribution in [2.24, 2.45) is 0 Å². The number of nitrogens with zero attached hydrogens (tertiary/aromatic N) is 2. The largest absolute Gasteiger partial charge is 0.497 e. The van der Waals surface area contributed by atoms with Crippen molar-refractivity contribution < 1.29 is 9.47 Å². The molecule has 0 atom stereocenters. The Bertz CT molecular complexity index is 838. The second-order valence-electron chi connectivity index (χ2n) is 7.02. The summed E-state index contributed by atoms with van der Waals surface area (Å²) in [6, 6.07) is 16.3. The number of hydrogen-bond donors (Lipinski definition) is 0. The monoisotopic (exact) mass is 382 g/mol. The molecule has 1 saturated heterocycles. The second kappa shape index (κ2) is 8.72. The van der Waals surface area contributed by atoms with Crippen molar-refractivity contribution in [3.8, 4) is 11.5 Å². The molecule has 142 valence electrons. The smallest absolute Gasteiger partial charge is 0.122 e. The minimum absolute atomic E-state index is 0.617. The molecule has 0 spiro atoms. The van der Waals surface area contributed by atoms with Crippen LogP contribution >= 0.6 is 11.3 Å². The molecule has 1 aliphatic heterocycles. The number of rotatable bonds is 7. The normalized spacial score (nSPS) is 15.9. The summed E-state index contributed by atoms with van der Waals surface area (Å²) in [5.41, 5.74) is 1.15. The van der Waals surface area contributed by atoms with Crippen molar-refractivity contribution >= 4 is 21.6 Å². The van der Waals surface area contributed by atoms with Crippen molar-refractivity contribution in [3.63, 3.8) is 0 Å². The molecule has 27 heavy (non-hydrogen) atoms. The lowest BCUT2D eigenvalue weighted by molar-refractivity contribution is 0.193. The zero-order valence-corrected chi connectivity index (χ0v) is 16.6. The minimum Gasteiger partial charge on any atom is -0.497 e. The van der Waals surface area contributed by atoms with Crippen molar-refractivity contribution in [2.45, 2.75) is 25.2 Å². The number of para-hydroxylation sites is 1. The number of methoxy groups -OCH3 is 1. The van der Waals surface area contributed by atoms with Crippen LogP contribution in [-0.2, 0) is 0 Å². The molecule has 4 rings (SSSR count). The summed E-state index contributed by atoms with van der Waals surface area (Å²) in [4.78, 5) is 7.41. The molecule has 0 N–H and O–H groups in total. The van der Waals surface area contributed by atoms with E-state index in [1.807, 2.05) is 35.6 Å². The highest BCUT2D eigenvalue weighted by atomic mass is 32.1. The summed E-state index contributed by atoms with van der Waals surface area (Å²) < 4.78 is 12.4. The highest BCUT2D eigenvalue weighted by Gasteiger charge is 2.23. The zero-order chi connectivity index (χ0) is 18.5. The molecule has 0 bridgehead atoms. The number of benzene rings is 2. The van der Waals surface area contributed by atoms with Crippen molar-refractivity contribution in [1.82, 2.24) is 9.88 Å². The predicted octanol–water partition coefficient (Wildman–Crippen LogP) is 4.95. The first-order valence-electron chi connectivity index (χ1n) is 9.66. The lowest BCUT2D eigenvalue weighted by Gasteiger charge is -2.30. The van der Waals surface area contributed by atoms with E-state index in [9.17, 15) is 0 Å². The first kappa shape index (κ1) is 18.3. The first-order chi connectivity index (χ1) is 13.3. The Labute approximate surface area is 164 Å². The molecule has 0 unspecified atom stereocenters. The van der Waals surface area contributed by atoms with Crippen LogP contribution in [0.25, 0.3) is 10.2 Å². The number of fused-ring (bicyclic) bond motifs is 1. The van der Waals surface area contributed by atoms with Gasteiger partial charge in [0.05, 0.1) is 28.9 Å². The van der Waals surface area contributed by atoms with E-state index in [4.69, 9.17) is 14.5 Å². The third kappa shape index (κ3) is 4.60. The van der Waals surface area contributed by atoms with Crippen LogP contribution in [0, 0.1) is 0 Å². The average molecular weight is 383 g/mol. The van der Waals surface area contributed by atoms with Crippen LogP contribution in [0.2, 0.25) is 0 Å². The fourth-order valence-electron chi connectivity index (χ4n) is 3.64. The van der Waals surface area contributed by atoms with Crippen LogP contribution in [0.15, 0.2) is 48.5 Å². The molecular formula is C22H26N2O2S. The lowest BCUT2D eigenvalue weighted by Crippen LogP contribution is -2.34. The fraction of sp³-hybridized carbons (Fsp3) is 0.409. The van der Waals surface area contributed by atoms with Gasteiger partial charge in [0.15, 0.2) is 0 Å². The maximum absolute atomic E-state index is 5.85. The average Bonchev–Trinajstić information content (AvgIpc) is 3.16. The fourth-order valence-corrected chi connectivity index (χ4v) is 4.77. The maximum Gasteiger partial charge on any atom is 0.122 e. The van der Waals surface area contributed by atoms with Gasteiger partial charge in [-0.2, -0.15) is 0 Å². The lowest BCUT2D eigenvalue weighted by atomic mass is 9.97. The highest BCUT2D eigenvalue weighted by Crippen LogP contribution is 2.33. The van der Waals surface area contributed by atoms with Crippen LogP contribution in [0.5, 0.6) is 11.5 Å². The Hall–Kier alpha value is -2.11. The zero-order valence-electron chi connectivity index (χ0n) is 15.8. The summed E-state index contributed by atoms with van der Waals surface area (Å²) in [5, 5.41) is 1.32. The molecule has 1 aliphatic rings. The third-order valence-electron chi connectivity index (χ3n) is 5.18. The predicted molar refractivity (Wildman–Crippen MR) is 111 cm³/mol. The highest BCUT2D eigenvalue weighted by molar-refractivity contribution is 7.18. The van der Waals surface area contributed by atoms with Gasteiger partial charge < -0.3 is 14.4 Å². The van der Waals surface area contributed by atoms with Crippen LogP contribution in [0.4, 0.5) is 0 Å². The molecule has 0 aliphatic carbocycles. The van der Waals surface area contributed by atoms with Gasteiger partial charge in [-0.1, -0.05) is 18.2 Å². The summed E-state index contributed by atoms with van der Waals surface area (Å²) >= 11 is 1.87. The quantitative estimate of drug-likeness (QED) is 0.541. The molecule has 0 saturated carbocycles. The maximum atomic E-state index is 5.85. The summed E-state index contributed by atoms with van der Waals surface area (Å²) in [5.74, 6) is 2.33. The molecule has 1 fully saturated rings. The van der Waals surface area contributed by atoms with Crippen LogP contribution in [0.1, 0.15) is 30.2 Å². The molecule has 4 nitrogen and oxygen atoms in total. The Kier molecular flexibility index (Phi) is 5.90. The number of hydrogen-bond acceptors (Lipinski definition) is 5. The van der Waals surface area contributed by atoms with Gasteiger partial charge >= 0.3 is 0 Å². The van der Waals surface area contributed by atoms with Crippen molar-refractivity contribution in [1.29, 1.82) is 0 Å². The summed E-state index contributed by atoms with van der Waals surface area (Å²) in [6.45, 7) is 4.14. The number of piperidine rings is 1. The van der Waals surface area contributed by atoms with E-state index in [0.717, 1.165) is 49.7 Å². The summed E-state index contributed by atoms with van der Waals surface area (Å²) in [7, 11) is 1.68. The van der Waals surface area contributed by atoms with E-state index in [0.29, 0.717) is 5.92 Å². The number of ether oxygens (including phenoxy) is 2. The van der Waals surface area contributed by atoms with Gasteiger partial charge in [0.1, 0.15) is 11.5 Å². The number of aromatic nitrogens is 1. The second-order valence-corrected chi connectivity index (χ2v) is 8.08. The Morgan fingerprint density at radius 2 is 1.89 bits per heavy atom. The van der Waals surface area contributed by atoms with Gasteiger partial charge in [-0.25, -0.2) is 4.98 Å². The standard InChI is InChI=1S/C22H26N2O2S/c1-25-18-6-4-7-19(16-18)26-15-5-12-24-13-10-17(11-14-24)22-23-20-8-2-3-9-21(20)27-22/h2-4,6-9,16-17H,5,10-15H2,1H3. The molecule has 2 aromatic carbocycles. The van der Waals surface area contributed by atoms with Gasteiger partial charge in [-0.3, -0.25) is 0 Å². The number of thiazole rings is 1. The van der Waals surface area contributed by atoms with Crippen LogP contribution in [0.3, 0.4) is 0 Å². The Morgan fingerprint density at radius 1 is 1.07 bits per heavy atom. The van der Waals surface area contributed by atoms with E-state index in [2.05, 4.69) is 29.2 Å². The molecule has 3 aromatic rings. The molecule has 5 heteroatoms. The first-order valence-corrected chi connectivity index (χ1v) is 10.5. The molecule has 1 aromatic heterocycles. The summed E-state index contributed by atoms with van der Waals surface area (Å²) in [6.07, 6.45) is 3.45. The third-order valence-corrected chi connectivity index (χ3v) is 6.37. The van der Waals surface area contributed by atoms with Gasteiger partial charge in [0, 0.05) is 18.5 Å². The Morgan fingerprint density at radius 3 is 2.70 bits per heavy atom. The molecule has 0 amide bonds. The van der Waals surface area contributed by atoms with E-state index in [1.165, 1.54) is 22.5 Å². The molecule has 0 radical (unpaired) electrons. The Balaban J connectivity index is 1.20. The van der Waals surface area contributed by atoms with E-state index >= 15 is 0 Å². The minimum atomic E-state index is 0.617. The van der Waals surface area contributed by atoms with Crippen LogP contribution in [-0.4, -0.2) is 43.2 Å². The number of likely N-dealkylation sites (tertiary alicyclic amines) is 1. The van der Waals surface area contributed by atoms with Gasteiger partial charge in [-0.05, 0) is 56.6 Å². The van der Waals surface area contributed by atoms with E-state index in [-0.39, 0.29) is 0 Å². The molecule has 2 heterocycles. The molecular weight excluding hydrogens is 356 g/mol. The van der Waals surface area contributed by atoms with E-state index < -0.39 is 0 Å². The van der Waals surface area contributed by atoms with Gasteiger partial charge in [0.25, 0.3) is 0 Å². The topological polar surface area (TPSA) is 34.6 Å².